The fourth-order valence-electron chi connectivity index (χ4n) is 5.41. The number of hydrogen-bond acceptors (Lipinski definition) is 3. The quantitative estimate of drug-likeness (QED) is 0.239. The highest BCUT2D eigenvalue weighted by molar-refractivity contribution is 5.96. The maximum Gasteiger partial charge on any atom is 0.254 e. The van der Waals surface area contributed by atoms with Gasteiger partial charge in [-0.05, 0) is 75.1 Å². The van der Waals surface area contributed by atoms with Gasteiger partial charge in [0.2, 0.25) is 5.91 Å². The molecule has 0 aliphatic heterocycles. The summed E-state index contributed by atoms with van der Waals surface area (Å²) in [5.74, 6) is -0.414. The van der Waals surface area contributed by atoms with Crippen molar-refractivity contribution in [3.63, 3.8) is 0 Å². The van der Waals surface area contributed by atoms with Gasteiger partial charge in [-0.2, -0.15) is 0 Å². The van der Waals surface area contributed by atoms with E-state index in [9.17, 15) is 14.0 Å². The highest BCUT2D eigenvalue weighted by Crippen LogP contribution is 2.25. The van der Waals surface area contributed by atoms with Gasteiger partial charge in [0.05, 0.1) is 6.54 Å². The van der Waals surface area contributed by atoms with E-state index in [2.05, 4.69) is 4.57 Å². The number of carbonyl (C=O) groups excluding carboxylic acids is 2. The van der Waals surface area contributed by atoms with Crippen molar-refractivity contribution in [1.29, 1.82) is 0 Å². The monoisotopic (exact) mass is 547 g/mol. The molecule has 1 heterocycles. The number of amides is 2. The van der Waals surface area contributed by atoms with Gasteiger partial charge in [0.25, 0.3) is 5.91 Å². The maximum absolute atomic E-state index is 14.0. The Hall–Kier alpha value is -3.45. The minimum Gasteiger partial charge on any atom is -0.382 e. The summed E-state index contributed by atoms with van der Waals surface area (Å²) in [6, 6.07) is 18.2. The zero-order valence-electron chi connectivity index (χ0n) is 23.9. The molecular formula is C33H42FN3O3. The van der Waals surface area contributed by atoms with Crippen molar-refractivity contribution in [3.05, 3.63) is 95.1 Å². The van der Waals surface area contributed by atoms with Gasteiger partial charge in [-0.3, -0.25) is 9.59 Å². The van der Waals surface area contributed by atoms with E-state index in [1.54, 1.807) is 17.0 Å². The lowest BCUT2D eigenvalue weighted by Gasteiger charge is -2.36. The van der Waals surface area contributed by atoms with E-state index < -0.39 is 0 Å². The van der Waals surface area contributed by atoms with Crippen molar-refractivity contribution >= 4 is 11.8 Å². The molecule has 2 amide bonds. The van der Waals surface area contributed by atoms with Crippen LogP contribution in [0, 0.1) is 12.7 Å². The zero-order valence-corrected chi connectivity index (χ0v) is 23.9. The first-order valence-electron chi connectivity index (χ1n) is 14.6. The predicted octanol–water partition coefficient (Wildman–Crippen LogP) is 6.21. The summed E-state index contributed by atoms with van der Waals surface area (Å²) in [4.78, 5) is 31.2. The van der Waals surface area contributed by atoms with Gasteiger partial charge < -0.3 is 19.1 Å². The number of benzene rings is 2. The minimum atomic E-state index is -0.253. The molecule has 1 aromatic heterocycles. The average Bonchev–Trinajstić information content (AvgIpc) is 3.41. The summed E-state index contributed by atoms with van der Waals surface area (Å²) in [5, 5.41) is 0. The molecule has 1 aliphatic carbocycles. The van der Waals surface area contributed by atoms with Crippen LogP contribution in [-0.4, -0.2) is 58.5 Å². The fourth-order valence-corrected chi connectivity index (χ4v) is 5.41. The molecule has 0 N–H and O–H groups in total. The lowest BCUT2D eigenvalue weighted by molar-refractivity contribution is -0.135. The van der Waals surface area contributed by atoms with Crippen LogP contribution in [0.25, 0.3) is 0 Å². The van der Waals surface area contributed by atoms with E-state index in [0.717, 1.165) is 42.5 Å². The molecule has 7 heteroatoms. The third-order valence-electron chi connectivity index (χ3n) is 7.69. The van der Waals surface area contributed by atoms with Crippen molar-refractivity contribution in [3.8, 4) is 0 Å². The third kappa shape index (κ3) is 8.28. The zero-order chi connectivity index (χ0) is 28.3. The number of carbonyl (C=O) groups is 2. The Morgan fingerprint density at radius 2 is 1.73 bits per heavy atom. The smallest absolute Gasteiger partial charge is 0.254 e. The topological polar surface area (TPSA) is 54.8 Å². The molecule has 1 saturated carbocycles. The van der Waals surface area contributed by atoms with Crippen LogP contribution < -0.4 is 0 Å². The molecule has 0 atom stereocenters. The highest BCUT2D eigenvalue weighted by Gasteiger charge is 2.29. The number of halogens is 1. The molecule has 40 heavy (non-hydrogen) atoms. The van der Waals surface area contributed by atoms with Crippen LogP contribution in [0.2, 0.25) is 0 Å². The average molecular weight is 548 g/mol. The molecule has 0 radical (unpaired) electrons. The number of aryl methyl sites for hydroxylation is 1. The van der Waals surface area contributed by atoms with Gasteiger partial charge in [0.15, 0.2) is 0 Å². The third-order valence-corrected chi connectivity index (χ3v) is 7.69. The maximum atomic E-state index is 14.0. The van der Waals surface area contributed by atoms with E-state index in [1.165, 1.54) is 18.6 Å². The second-order valence-electron chi connectivity index (χ2n) is 10.7. The van der Waals surface area contributed by atoms with Crippen LogP contribution in [0.3, 0.4) is 0 Å². The van der Waals surface area contributed by atoms with Crippen LogP contribution in [0.5, 0.6) is 0 Å². The molecule has 2 aromatic carbocycles. The Kier molecular flexibility index (Phi) is 10.9. The van der Waals surface area contributed by atoms with Crippen LogP contribution in [-0.2, 0) is 22.6 Å². The summed E-state index contributed by atoms with van der Waals surface area (Å²) in [6.07, 6.45) is 8.01. The fraction of sp³-hybridized carbons (Fsp3) is 0.455. The van der Waals surface area contributed by atoms with Crippen LogP contribution in [0.1, 0.15) is 72.6 Å². The first-order chi connectivity index (χ1) is 19.4. The Morgan fingerprint density at radius 1 is 1.00 bits per heavy atom. The Balaban J connectivity index is 1.53. The standard InChI is InChI=1S/C33H42FN3O3/c1-3-40-22-8-21-36(33(39)28-16-12-26(2)13-17-28)25-32(38)37(30-9-5-4-6-10-30)24-31-11-7-20-35(31)23-27-14-18-29(34)19-15-27/h7,11-20,30H,3-6,8-10,21-25H2,1-2H3. The van der Waals surface area contributed by atoms with E-state index in [1.807, 2.05) is 61.3 Å². The molecule has 1 fully saturated rings. The molecule has 1 aliphatic rings. The summed E-state index contributed by atoms with van der Waals surface area (Å²) >= 11 is 0. The summed E-state index contributed by atoms with van der Waals surface area (Å²) < 4.78 is 21.1. The van der Waals surface area contributed by atoms with Gasteiger partial charge in [0, 0.05) is 49.8 Å². The van der Waals surface area contributed by atoms with Crippen molar-refractivity contribution in [2.45, 2.75) is 71.5 Å². The number of rotatable bonds is 13. The molecule has 0 saturated heterocycles. The normalized spacial score (nSPS) is 13.8. The summed E-state index contributed by atoms with van der Waals surface area (Å²) in [7, 11) is 0. The first kappa shape index (κ1) is 29.5. The van der Waals surface area contributed by atoms with Gasteiger partial charge in [0.1, 0.15) is 12.4 Å². The Labute approximate surface area is 237 Å². The molecule has 3 aromatic rings. The van der Waals surface area contributed by atoms with Crippen LogP contribution in [0.15, 0.2) is 66.9 Å². The molecule has 4 rings (SSSR count). The molecule has 0 bridgehead atoms. The predicted molar refractivity (Wildman–Crippen MR) is 156 cm³/mol. The van der Waals surface area contributed by atoms with Crippen LogP contribution in [0.4, 0.5) is 4.39 Å². The molecule has 0 unspecified atom stereocenters. The van der Waals surface area contributed by atoms with E-state index in [-0.39, 0.29) is 30.2 Å². The van der Waals surface area contributed by atoms with Crippen molar-refractivity contribution in [2.75, 3.05) is 26.3 Å². The number of hydrogen-bond donors (Lipinski definition) is 0. The van der Waals surface area contributed by atoms with Gasteiger partial charge in [-0.15, -0.1) is 0 Å². The molecule has 214 valence electrons. The van der Waals surface area contributed by atoms with Crippen molar-refractivity contribution in [2.24, 2.45) is 0 Å². The summed E-state index contributed by atoms with van der Waals surface area (Å²) in [6.45, 7) is 6.68. The minimum absolute atomic E-state index is 0.0293. The van der Waals surface area contributed by atoms with E-state index >= 15 is 0 Å². The molecular weight excluding hydrogens is 505 g/mol. The van der Waals surface area contributed by atoms with Crippen molar-refractivity contribution in [1.82, 2.24) is 14.4 Å². The Morgan fingerprint density at radius 3 is 2.42 bits per heavy atom. The summed E-state index contributed by atoms with van der Waals surface area (Å²) in [5.41, 5.74) is 3.70. The lowest BCUT2D eigenvalue weighted by Crippen LogP contribution is -2.48. The van der Waals surface area contributed by atoms with E-state index in [0.29, 0.717) is 44.8 Å². The first-order valence-corrected chi connectivity index (χ1v) is 14.6. The molecule has 6 nitrogen and oxygen atoms in total. The largest absolute Gasteiger partial charge is 0.382 e. The van der Waals surface area contributed by atoms with Crippen LogP contribution >= 0.6 is 0 Å². The van der Waals surface area contributed by atoms with Gasteiger partial charge >= 0.3 is 0 Å². The number of aromatic nitrogens is 1. The highest BCUT2D eigenvalue weighted by atomic mass is 19.1. The SMILES string of the molecule is CCOCCCN(CC(=O)N(Cc1cccn1Cc1ccc(F)cc1)C1CCCCC1)C(=O)c1ccc(C)cc1. The number of nitrogens with zero attached hydrogens (tertiary/aromatic N) is 3. The second kappa shape index (κ2) is 14.8. The second-order valence-corrected chi connectivity index (χ2v) is 10.7. The Bertz CT molecular complexity index is 1220. The van der Waals surface area contributed by atoms with Gasteiger partial charge in [-0.25, -0.2) is 4.39 Å². The lowest BCUT2D eigenvalue weighted by atomic mass is 9.94. The van der Waals surface area contributed by atoms with Gasteiger partial charge in [-0.1, -0.05) is 49.1 Å². The van der Waals surface area contributed by atoms with E-state index in [4.69, 9.17) is 4.74 Å². The van der Waals surface area contributed by atoms with Crippen molar-refractivity contribution < 1.29 is 18.7 Å². The molecule has 0 spiro atoms. The number of ether oxygens (including phenoxy) is 1.